The zero-order chi connectivity index (χ0) is 15.8. The second kappa shape index (κ2) is 8.41. The molecule has 2 N–H and O–H groups in total. The largest absolute Gasteiger partial charge is 0.341 e. The average molecular weight is 303 g/mol. The molecule has 2 rings (SSSR count). The highest BCUT2D eigenvalue weighted by molar-refractivity contribution is 5.78. The van der Waals surface area contributed by atoms with Crippen LogP contribution in [-0.4, -0.2) is 36.5 Å². The van der Waals surface area contributed by atoms with Gasteiger partial charge in [0.1, 0.15) is 0 Å². The van der Waals surface area contributed by atoms with Crippen LogP contribution in [0, 0.1) is 0 Å². The van der Waals surface area contributed by atoms with Crippen molar-refractivity contribution in [2.75, 3.05) is 13.6 Å². The standard InChI is InChI=1S/C17H25N3O2/c1-20(13-14-7-3-2-4-8-14)16(21)11-12-18-17(22)19-15-9-5-6-10-15/h2-4,7-8,15H,5-6,9-13H2,1H3,(H2,18,19,22). The van der Waals surface area contributed by atoms with Crippen molar-refractivity contribution in [3.63, 3.8) is 0 Å². The van der Waals surface area contributed by atoms with Gasteiger partial charge in [-0.1, -0.05) is 43.2 Å². The minimum Gasteiger partial charge on any atom is -0.341 e. The lowest BCUT2D eigenvalue weighted by atomic mass is 10.2. The second-order valence-corrected chi connectivity index (χ2v) is 5.87. The zero-order valence-electron chi connectivity index (χ0n) is 13.2. The van der Waals surface area contributed by atoms with Crippen LogP contribution in [0.25, 0.3) is 0 Å². The molecule has 0 heterocycles. The SMILES string of the molecule is CN(Cc1ccccc1)C(=O)CCNC(=O)NC1CCCC1. The van der Waals surface area contributed by atoms with Crippen molar-refractivity contribution in [3.8, 4) is 0 Å². The molecule has 22 heavy (non-hydrogen) atoms. The van der Waals surface area contributed by atoms with Gasteiger partial charge < -0.3 is 15.5 Å². The molecule has 0 bridgehead atoms. The van der Waals surface area contributed by atoms with Crippen LogP contribution in [0.1, 0.15) is 37.7 Å². The van der Waals surface area contributed by atoms with Gasteiger partial charge in [-0.3, -0.25) is 4.79 Å². The van der Waals surface area contributed by atoms with Crippen molar-refractivity contribution in [1.82, 2.24) is 15.5 Å². The Morgan fingerprint density at radius 2 is 1.86 bits per heavy atom. The molecule has 1 aromatic rings. The molecular weight excluding hydrogens is 278 g/mol. The summed E-state index contributed by atoms with van der Waals surface area (Å²) in [6.07, 6.45) is 4.82. The molecule has 5 nitrogen and oxygen atoms in total. The van der Waals surface area contributed by atoms with Gasteiger partial charge >= 0.3 is 6.03 Å². The number of urea groups is 1. The Labute approximate surface area is 132 Å². The summed E-state index contributed by atoms with van der Waals surface area (Å²) >= 11 is 0. The van der Waals surface area contributed by atoms with Crippen LogP contribution in [0.5, 0.6) is 0 Å². The van der Waals surface area contributed by atoms with Crippen LogP contribution in [0.3, 0.4) is 0 Å². The average Bonchev–Trinajstić information content (AvgIpc) is 3.01. The summed E-state index contributed by atoms with van der Waals surface area (Å²) in [5.41, 5.74) is 1.10. The molecule has 1 aliphatic rings. The molecule has 0 atom stereocenters. The number of amides is 3. The molecule has 0 saturated heterocycles. The van der Waals surface area contributed by atoms with Gasteiger partial charge in [-0.25, -0.2) is 4.79 Å². The van der Waals surface area contributed by atoms with Gasteiger partial charge in [0, 0.05) is 32.6 Å². The fourth-order valence-electron chi connectivity index (χ4n) is 2.73. The van der Waals surface area contributed by atoms with Gasteiger partial charge in [0.05, 0.1) is 0 Å². The number of nitrogens with one attached hydrogen (secondary N) is 2. The highest BCUT2D eigenvalue weighted by atomic mass is 16.2. The molecule has 120 valence electrons. The Bertz CT molecular complexity index is 484. The van der Waals surface area contributed by atoms with Crippen molar-refractivity contribution in [2.24, 2.45) is 0 Å². The van der Waals surface area contributed by atoms with Crippen LogP contribution >= 0.6 is 0 Å². The molecule has 0 aliphatic heterocycles. The third-order valence-electron chi connectivity index (χ3n) is 4.00. The van der Waals surface area contributed by atoms with E-state index in [0.29, 0.717) is 25.6 Å². The Balaban J connectivity index is 1.63. The molecule has 1 saturated carbocycles. The lowest BCUT2D eigenvalue weighted by Crippen LogP contribution is -2.42. The molecule has 0 spiro atoms. The zero-order valence-corrected chi connectivity index (χ0v) is 13.2. The quantitative estimate of drug-likeness (QED) is 0.847. The van der Waals surface area contributed by atoms with Gasteiger partial charge in [-0.15, -0.1) is 0 Å². The van der Waals surface area contributed by atoms with Crippen LogP contribution in [0.2, 0.25) is 0 Å². The van der Waals surface area contributed by atoms with Gasteiger partial charge in [0.2, 0.25) is 5.91 Å². The molecule has 1 aliphatic carbocycles. The van der Waals surface area contributed by atoms with Crippen LogP contribution in [0.4, 0.5) is 4.79 Å². The number of nitrogens with zero attached hydrogens (tertiary/aromatic N) is 1. The maximum absolute atomic E-state index is 12.0. The van der Waals surface area contributed by atoms with E-state index in [2.05, 4.69) is 10.6 Å². The summed E-state index contributed by atoms with van der Waals surface area (Å²) in [5.74, 6) is 0.0324. The minimum atomic E-state index is -0.162. The van der Waals surface area contributed by atoms with Gasteiger partial charge in [-0.2, -0.15) is 0 Å². The lowest BCUT2D eigenvalue weighted by molar-refractivity contribution is -0.130. The third kappa shape index (κ3) is 5.39. The van der Waals surface area contributed by atoms with Crippen molar-refractivity contribution in [1.29, 1.82) is 0 Å². The van der Waals surface area contributed by atoms with Gasteiger partial charge in [0.25, 0.3) is 0 Å². The molecule has 1 aromatic carbocycles. The first-order valence-corrected chi connectivity index (χ1v) is 7.97. The molecule has 5 heteroatoms. The van der Waals surface area contributed by atoms with Crippen molar-refractivity contribution in [3.05, 3.63) is 35.9 Å². The first-order valence-electron chi connectivity index (χ1n) is 7.97. The molecular formula is C17H25N3O2. The van der Waals surface area contributed by atoms with Gasteiger partial charge in [-0.05, 0) is 18.4 Å². The van der Waals surface area contributed by atoms with E-state index in [9.17, 15) is 9.59 Å². The Morgan fingerprint density at radius 1 is 1.18 bits per heavy atom. The normalized spacial score (nSPS) is 14.6. The smallest absolute Gasteiger partial charge is 0.315 e. The number of carbonyl (C=O) groups is 2. The van der Waals surface area contributed by atoms with Crippen LogP contribution in [0.15, 0.2) is 30.3 Å². The first-order chi connectivity index (χ1) is 10.6. The monoisotopic (exact) mass is 303 g/mol. The minimum absolute atomic E-state index is 0.0324. The van der Waals surface area contributed by atoms with E-state index in [4.69, 9.17) is 0 Å². The fraction of sp³-hybridized carbons (Fsp3) is 0.529. The molecule has 0 unspecified atom stereocenters. The molecule has 0 aromatic heterocycles. The summed E-state index contributed by atoms with van der Waals surface area (Å²) in [4.78, 5) is 25.4. The van der Waals surface area contributed by atoms with E-state index in [1.807, 2.05) is 30.3 Å². The second-order valence-electron chi connectivity index (χ2n) is 5.87. The van der Waals surface area contributed by atoms with E-state index >= 15 is 0 Å². The number of hydrogen-bond acceptors (Lipinski definition) is 2. The molecule has 0 radical (unpaired) electrons. The van der Waals surface area contributed by atoms with E-state index in [0.717, 1.165) is 18.4 Å². The van der Waals surface area contributed by atoms with Gasteiger partial charge in [0.15, 0.2) is 0 Å². The molecule has 3 amide bonds. The van der Waals surface area contributed by atoms with Crippen LogP contribution in [-0.2, 0) is 11.3 Å². The first kappa shape index (κ1) is 16.3. The lowest BCUT2D eigenvalue weighted by Gasteiger charge is -2.18. The van der Waals surface area contributed by atoms with Crippen LogP contribution < -0.4 is 10.6 Å². The predicted octanol–water partition coefficient (Wildman–Crippen LogP) is 2.28. The number of carbonyl (C=O) groups excluding carboxylic acids is 2. The number of benzene rings is 1. The number of rotatable bonds is 6. The molecule has 1 fully saturated rings. The highest BCUT2D eigenvalue weighted by Crippen LogP contribution is 2.17. The maximum atomic E-state index is 12.0. The highest BCUT2D eigenvalue weighted by Gasteiger charge is 2.17. The Hall–Kier alpha value is -2.04. The maximum Gasteiger partial charge on any atom is 0.315 e. The third-order valence-corrected chi connectivity index (χ3v) is 4.00. The summed E-state index contributed by atoms with van der Waals surface area (Å²) in [5, 5.41) is 5.71. The Morgan fingerprint density at radius 3 is 2.55 bits per heavy atom. The van der Waals surface area contributed by atoms with E-state index in [1.165, 1.54) is 12.8 Å². The van der Waals surface area contributed by atoms with E-state index in [1.54, 1.807) is 11.9 Å². The van der Waals surface area contributed by atoms with E-state index in [-0.39, 0.29) is 11.9 Å². The fourth-order valence-corrected chi connectivity index (χ4v) is 2.73. The topological polar surface area (TPSA) is 61.4 Å². The van der Waals surface area contributed by atoms with Crippen molar-refractivity contribution >= 4 is 11.9 Å². The predicted molar refractivity (Wildman–Crippen MR) is 86.3 cm³/mol. The summed E-state index contributed by atoms with van der Waals surface area (Å²) < 4.78 is 0. The summed E-state index contributed by atoms with van der Waals surface area (Å²) in [6.45, 7) is 0.963. The van der Waals surface area contributed by atoms with Crippen molar-refractivity contribution in [2.45, 2.75) is 44.7 Å². The van der Waals surface area contributed by atoms with E-state index < -0.39 is 0 Å². The summed E-state index contributed by atoms with van der Waals surface area (Å²) in [6, 6.07) is 10.0. The summed E-state index contributed by atoms with van der Waals surface area (Å²) in [7, 11) is 1.79. The van der Waals surface area contributed by atoms with Crippen molar-refractivity contribution < 1.29 is 9.59 Å². The Kier molecular flexibility index (Phi) is 6.25. The number of hydrogen-bond donors (Lipinski definition) is 2.